The number of carboxylic acid groups (broad SMARTS) is 1. The number of nitriles is 1. The van der Waals surface area contributed by atoms with Gasteiger partial charge in [0, 0.05) is 25.7 Å². The highest BCUT2D eigenvalue weighted by Crippen LogP contribution is 2.13. The van der Waals surface area contributed by atoms with Crippen molar-refractivity contribution >= 4 is 11.9 Å². The molecule has 0 aromatic rings. The molecular formula is C13H23N3O3. The number of amides is 1. The molecule has 0 spiro atoms. The topological polar surface area (TPSA) is 84.6 Å². The molecule has 0 unspecified atom stereocenters. The van der Waals surface area contributed by atoms with E-state index < -0.39 is 5.97 Å². The third-order valence-corrected chi connectivity index (χ3v) is 2.86. The van der Waals surface area contributed by atoms with Crippen LogP contribution in [0, 0.1) is 11.3 Å². The molecule has 1 amide bonds. The van der Waals surface area contributed by atoms with Gasteiger partial charge < -0.3 is 10.0 Å². The van der Waals surface area contributed by atoms with E-state index in [4.69, 9.17) is 10.4 Å². The van der Waals surface area contributed by atoms with E-state index in [1.807, 2.05) is 31.7 Å². The van der Waals surface area contributed by atoms with Gasteiger partial charge in [-0.2, -0.15) is 5.26 Å². The highest BCUT2D eigenvalue weighted by molar-refractivity contribution is 5.78. The van der Waals surface area contributed by atoms with Gasteiger partial charge in [-0.15, -0.1) is 0 Å². The molecule has 6 heteroatoms. The Morgan fingerprint density at radius 2 is 1.84 bits per heavy atom. The summed E-state index contributed by atoms with van der Waals surface area (Å²) in [5.74, 6) is -0.977. The first-order valence-electron chi connectivity index (χ1n) is 6.26. The number of hydrogen-bond acceptors (Lipinski definition) is 4. The molecule has 0 saturated carbocycles. The lowest BCUT2D eigenvalue weighted by Crippen LogP contribution is -2.48. The highest BCUT2D eigenvalue weighted by atomic mass is 16.4. The summed E-state index contributed by atoms with van der Waals surface area (Å²) in [5, 5.41) is 17.2. The first-order chi connectivity index (χ1) is 8.68. The molecule has 0 aromatic heterocycles. The number of carboxylic acids is 1. The third kappa shape index (κ3) is 7.42. The molecule has 1 N–H and O–H groups in total. The quantitative estimate of drug-likeness (QED) is 0.743. The zero-order chi connectivity index (χ0) is 15.1. The molecule has 0 rings (SSSR count). The van der Waals surface area contributed by atoms with Gasteiger partial charge in [0.05, 0.1) is 25.5 Å². The van der Waals surface area contributed by atoms with Gasteiger partial charge in [0.1, 0.15) is 0 Å². The van der Waals surface area contributed by atoms with Gasteiger partial charge in [-0.1, -0.05) is 0 Å². The minimum absolute atomic E-state index is 0.00641. The molecule has 0 saturated heterocycles. The van der Waals surface area contributed by atoms with Gasteiger partial charge in [0.2, 0.25) is 5.91 Å². The number of likely N-dealkylation sites (N-methyl/N-ethyl adjacent to an activating group) is 1. The van der Waals surface area contributed by atoms with E-state index in [2.05, 4.69) is 0 Å². The molecule has 0 aliphatic heterocycles. The maximum atomic E-state index is 12.0. The van der Waals surface area contributed by atoms with Crippen molar-refractivity contribution in [2.24, 2.45) is 0 Å². The van der Waals surface area contributed by atoms with Crippen LogP contribution in [0.25, 0.3) is 0 Å². The summed E-state index contributed by atoms with van der Waals surface area (Å²) in [7, 11) is 1.65. The predicted octanol–water partition coefficient (Wildman–Crippen LogP) is 0.934. The first-order valence-corrected chi connectivity index (χ1v) is 6.26. The third-order valence-electron chi connectivity index (χ3n) is 2.86. The van der Waals surface area contributed by atoms with Gasteiger partial charge in [-0.3, -0.25) is 14.5 Å². The zero-order valence-electron chi connectivity index (χ0n) is 12.1. The van der Waals surface area contributed by atoms with Crippen molar-refractivity contribution in [3.8, 4) is 6.07 Å². The number of carbonyl (C=O) groups excluding carboxylic acids is 1. The smallest absolute Gasteiger partial charge is 0.304 e. The van der Waals surface area contributed by atoms with E-state index in [9.17, 15) is 9.59 Å². The minimum Gasteiger partial charge on any atom is -0.481 e. The lowest BCUT2D eigenvalue weighted by molar-refractivity contribution is -0.139. The Balaban J connectivity index is 4.51. The van der Waals surface area contributed by atoms with Crippen molar-refractivity contribution in [1.82, 2.24) is 9.80 Å². The van der Waals surface area contributed by atoms with Crippen LogP contribution < -0.4 is 0 Å². The maximum Gasteiger partial charge on any atom is 0.304 e. The van der Waals surface area contributed by atoms with Crippen LogP contribution in [-0.4, -0.2) is 59.0 Å². The summed E-state index contributed by atoms with van der Waals surface area (Å²) in [6.45, 7) is 6.72. The molecule has 108 valence electrons. The van der Waals surface area contributed by atoms with Crippen LogP contribution in [0.1, 0.15) is 33.6 Å². The zero-order valence-corrected chi connectivity index (χ0v) is 12.1. The molecule has 0 fully saturated rings. The van der Waals surface area contributed by atoms with E-state index in [-0.39, 0.29) is 24.4 Å². The standard InChI is InChI=1S/C13H23N3O3/c1-13(2,3)16(9-6-12(18)19)10-11(17)15(4)8-5-7-14/h5-6,8-10H2,1-4H3,(H,18,19). The molecule has 0 bridgehead atoms. The molecular weight excluding hydrogens is 246 g/mol. The fraction of sp³-hybridized carbons (Fsp3) is 0.769. The van der Waals surface area contributed by atoms with Crippen LogP contribution in [0.15, 0.2) is 0 Å². The molecule has 19 heavy (non-hydrogen) atoms. The molecule has 0 atom stereocenters. The summed E-state index contributed by atoms with van der Waals surface area (Å²) in [6.07, 6.45) is 0.305. The Morgan fingerprint density at radius 3 is 2.26 bits per heavy atom. The molecule has 0 aliphatic carbocycles. The molecule has 0 aliphatic rings. The van der Waals surface area contributed by atoms with Gasteiger partial charge >= 0.3 is 5.97 Å². The van der Waals surface area contributed by atoms with Crippen molar-refractivity contribution in [1.29, 1.82) is 5.26 Å². The first kappa shape index (κ1) is 17.4. The number of nitrogens with zero attached hydrogens (tertiary/aromatic N) is 3. The Morgan fingerprint density at radius 1 is 1.26 bits per heavy atom. The van der Waals surface area contributed by atoms with Gasteiger partial charge in [-0.05, 0) is 20.8 Å². The number of aliphatic carboxylic acids is 1. The van der Waals surface area contributed by atoms with Gasteiger partial charge in [-0.25, -0.2) is 0 Å². The second-order valence-corrected chi connectivity index (χ2v) is 5.46. The van der Waals surface area contributed by atoms with Crippen molar-refractivity contribution in [3.63, 3.8) is 0 Å². The number of carbonyl (C=O) groups is 2. The van der Waals surface area contributed by atoms with Crippen molar-refractivity contribution in [3.05, 3.63) is 0 Å². The summed E-state index contributed by atoms with van der Waals surface area (Å²) >= 11 is 0. The normalized spacial score (nSPS) is 11.2. The van der Waals surface area contributed by atoms with Crippen LogP contribution in [0.5, 0.6) is 0 Å². The molecule has 6 nitrogen and oxygen atoms in total. The van der Waals surface area contributed by atoms with Crippen LogP contribution in [0.4, 0.5) is 0 Å². The van der Waals surface area contributed by atoms with E-state index in [1.54, 1.807) is 7.05 Å². The summed E-state index contributed by atoms with van der Waals surface area (Å²) in [6, 6.07) is 1.99. The maximum absolute atomic E-state index is 12.0. The van der Waals surface area contributed by atoms with Crippen molar-refractivity contribution in [2.45, 2.75) is 39.2 Å². The fourth-order valence-corrected chi connectivity index (χ4v) is 1.51. The molecule has 0 heterocycles. The van der Waals surface area contributed by atoms with Gasteiger partial charge in [0.15, 0.2) is 0 Å². The highest BCUT2D eigenvalue weighted by Gasteiger charge is 2.25. The van der Waals surface area contributed by atoms with E-state index in [1.165, 1.54) is 4.90 Å². The molecule has 0 radical (unpaired) electrons. The van der Waals surface area contributed by atoms with Gasteiger partial charge in [0.25, 0.3) is 0 Å². The second kappa shape index (κ2) is 7.74. The number of rotatable bonds is 7. The Kier molecular flexibility index (Phi) is 7.09. The Labute approximate surface area is 114 Å². The van der Waals surface area contributed by atoms with Crippen LogP contribution in [0.3, 0.4) is 0 Å². The second-order valence-electron chi connectivity index (χ2n) is 5.46. The summed E-state index contributed by atoms with van der Waals surface area (Å²) in [5.41, 5.74) is -0.277. The fourth-order valence-electron chi connectivity index (χ4n) is 1.51. The summed E-state index contributed by atoms with van der Waals surface area (Å²) in [4.78, 5) is 26.0. The lowest BCUT2D eigenvalue weighted by atomic mass is 10.1. The molecule has 0 aromatic carbocycles. The van der Waals surface area contributed by atoms with Crippen molar-refractivity contribution < 1.29 is 14.7 Å². The van der Waals surface area contributed by atoms with Crippen LogP contribution >= 0.6 is 0 Å². The van der Waals surface area contributed by atoms with Crippen LogP contribution in [-0.2, 0) is 9.59 Å². The minimum atomic E-state index is -0.875. The Bertz CT molecular complexity index is 355. The van der Waals surface area contributed by atoms with E-state index in [0.29, 0.717) is 19.5 Å². The average molecular weight is 269 g/mol. The summed E-state index contributed by atoms with van der Waals surface area (Å²) < 4.78 is 0. The predicted molar refractivity (Wildman–Crippen MR) is 71.4 cm³/mol. The lowest BCUT2D eigenvalue weighted by Gasteiger charge is -2.35. The van der Waals surface area contributed by atoms with E-state index in [0.717, 1.165) is 0 Å². The monoisotopic (exact) mass is 269 g/mol. The van der Waals surface area contributed by atoms with Crippen LogP contribution in [0.2, 0.25) is 0 Å². The SMILES string of the molecule is CN(CCC#N)C(=O)CN(CCC(=O)O)C(C)(C)C. The Hall–Kier alpha value is -1.61. The average Bonchev–Trinajstić information content (AvgIpc) is 2.29. The van der Waals surface area contributed by atoms with E-state index >= 15 is 0 Å². The van der Waals surface area contributed by atoms with Crippen molar-refractivity contribution in [2.75, 3.05) is 26.7 Å². The number of hydrogen-bond donors (Lipinski definition) is 1. The largest absolute Gasteiger partial charge is 0.481 e.